The van der Waals surface area contributed by atoms with Gasteiger partial charge >= 0.3 is 0 Å². The van der Waals surface area contributed by atoms with Crippen LogP contribution in [-0.2, 0) is 6.42 Å². The monoisotopic (exact) mass is 1090 g/mol. The lowest BCUT2D eigenvalue weighted by molar-refractivity contribution is 0.103. The van der Waals surface area contributed by atoms with E-state index < -0.39 is 5.78 Å². The predicted octanol–water partition coefficient (Wildman–Crippen LogP) is 14.5. The minimum absolute atomic E-state index is 0.0439. The lowest BCUT2D eigenvalue weighted by Crippen LogP contribution is -2.24. The Morgan fingerprint density at radius 2 is 0.835 bits per heavy atom. The number of phenolic OH excluding ortho intramolecular Hbond substituents is 1. The van der Waals surface area contributed by atoms with Crippen LogP contribution in [0.15, 0.2) is 96.6 Å². The summed E-state index contributed by atoms with van der Waals surface area (Å²) in [5.41, 5.74) is 3.42. The molecule has 0 amide bonds. The van der Waals surface area contributed by atoms with Crippen molar-refractivity contribution >= 4 is 23.7 Å². The molecule has 4 rings (SSSR count). The quantitative estimate of drug-likeness (QED) is 0.0197. The van der Waals surface area contributed by atoms with Crippen LogP contribution in [0.2, 0.25) is 0 Å². The number of ether oxygens (including phenoxy) is 5. The molecule has 0 bridgehead atoms. The molecule has 4 aromatic carbocycles. The fourth-order valence-corrected chi connectivity index (χ4v) is 9.13. The normalized spacial score (nSPS) is 11.7. The van der Waals surface area contributed by atoms with E-state index in [2.05, 4.69) is 75.0 Å². The molecule has 434 valence electrons. The molecule has 0 aliphatic carbocycles. The maximum Gasteiger partial charge on any atom is 0.189 e. The lowest BCUT2D eigenvalue weighted by atomic mass is 9.99. The third kappa shape index (κ3) is 23.8. The van der Waals surface area contributed by atoms with Crippen LogP contribution in [0.4, 0.5) is 0 Å². The van der Waals surface area contributed by atoms with Gasteiger partial charge in [0.1, 0.15) is 28.7 Å². The molecule has 0 spiro atoms. The van der Waals surface area contributed by atoms with E-state index in [-0.39, 0.29) is 35.0 Å². The Hall–Kier alpha value is -5.92. The van der Waals surface area contributed by atoms with Crippen LogP contribution < -0.4 is 23.7 Å². The minimum atomic E-state index is -0.423. The number of hydrogen-bond donors (Lipinski definition) is 1. The number of phenols is 1. The van der Waals surface area contributed by atoms with E-state index in [0.29, 0.717) is 49.1 Å². The molecule has 0 radical (unpaired) electrons. The van der Waals surface area contributed by atoms with Crippen molar-refractivity contribution in [3.05, 3.63) is 124 Å². The molecule has 0 heterocycles. The molecule has 1 N–H and O–H groups in total. The zero-order valence-electron chi connectivity index (χ0n) is 50.1. The number of benzene rings is 4. The summed E-state index contributed by atoms with van der Waals surface area (Å²) in [6.45, 7) is 35.7. The number of allylic oxidation sites excluding steroid dienone is 4. The largest absolute Gasteiger partial charge is 0.507 e. The number of ketones is 2. The molecule has 0 aliphatic heterocycles. The van der Waals surface area contributed by atoms with Crippen molar-refractivity contribution in [3.8, 4) is 40.2 Å². The van der Waals surface area contributed by atoms with E-state index in [0.717, 1.165) is 158 Å². The van der Waals surface area contributed by atoms with E-state index in [1.165, 1.54) is 18.2 Å². The maximum atomic E-state index is 14.4. The number of nitrogens with zero attached hydrogens (tertiary/aromatic N) is 4. The van der Waals surface area contributed by atoms with Crippen molar-refractivity contribution in [2.24, 2.45) is 0 Å². The Morgan fingerprint density at radius 3 is 1.24 bits per heavy atom. The van der Waals surface area contributed by atoms with Gasteiger partial charge in [-0.1, -0.05) is 103 Å². The van der Waals surface area contributed by atoms with Crippen LogP contribution in [-0.4, -0.2) is 141 Å². The van der Waals surface area contributed by atoms with E-state index >= 15 is 0 Å². The van der Waals surface area contributed by atoms with Crippen molar-refractivity contribution < 1.29 is 38.4 Å². The first kappa shape index (κ1) is 65.6. The Labute approximate surface area is 476 Å². The summed E-state index contributed by atoms with van der Waals surface area (Å²) in [7, 11) is 0. The summed E-state index contributed by atoms with van der Waals surface area (Å²) >= 11 is 0. The zero-order valence-corrected chi connectivity index (χ0v) is 50.1. The SMILES string of the molecule is CCN(CC)CCCCOc1ccc(/C=C/C(=O)c2ccc(OCCCCN(CC)CC)cc2Oc2cc(C(=O)/C=C/c3ccc(OCCCCN(CC)CC)cc3)c(O)c(CC=C(C)C)c2OCCCCN(CC)CC)cc1. The minimum Gasteiger partial charge on any atom is -0.507 e. The number of rotatable bonds is 42. The summed E-state index contributed by atoms with van der Waals surface area (Å²) in [6, 6.07) is 22.2. The highest BCUT2D eigenvalue weighted by atomic mass is 16.5. The van der Waals surface area contributed by atoms with Crippen molar-refractivity contribution in [3.63, 3.8) is 0 Å². The first-order valence-electron chi connectivity index (χ1n) is 29.8. The molecule has 0 saturated heterocycles. The van der Waals surface area contributed by atoms with Crippen LogP contribution in [0, 0.1) is 0 Å². The Morgan fingerprint density at radius 1 is 0.456 bits per heavy atom. The lowest BCUT2D eigenvalue weighted by Gasteiger charge is -2.21. The zero-order chi connectivity index (χ0) is 57.2. The average Bonchev–Trinajstić information content (AvgIpc) is 3.53. The molecular formula is C67H98N4O8. The van der Waals surface area contributed by atoms with Gasteiger partial charge in [0.15, 0.2) is 23.1 Å². The number of hydrogen-bond acceptors (Lipinski definition) is 12. The highest BCUT2D eigenvalue weighted by Gasteiger charge is 2.25. The van der Waals surface area contributed by atoms with E-state index in [4.69, 9.17) is 23.7 Å². The topological polar surface area (TPSA) is 113 Å². The molecule has 4 aromatic rings. The summed E-state index contributed by atoms with van der Waals surface area (Å²) in [5.74, 6) is 1.93. The van der Waals surface area contributed by atoms with Gasteiger partial charge in [0.05, 0.1) is 37.6 Å². The maximum absolute atomic E-state index is 14.4. The van der Waals surface area contributed by atoms with Crippen LogP contribution in [0.1, 0.15) is 158 Å². The summed E-state index contributed by atoms with van der Waals surface area (Å²) < 4.78 is 31.9. The standard InChI is InChI=1S/C67H98N4O8/c1-11-68(12-2)43-19-23-47-75-56-34-28-54(29-35-56)32-41-62(72)59-40-38-58(77-49-25-21-45-70(15-5)16-6)51-64(59)79-65-52-61(66(74)60(39-27-53(9)10)67(65)78-50-26-22-46-71(17-7)18-8)63(73)42-33-55-30-36-57(37-31-55)76-48-24-20-44-69(13-3)14-4/h27-38,40-42,51-52,74H,11-26,39,43-50H2,1-10H3/b41-32+,42-33+. The number of carbonyl (C=O) groups is 2. The second-order valence-corrected chi connectivity index (χ2v) is 20.2. The third-order valence-corrected chi connectivity index (χ3v) is 14.5. The van der Waals surface area contributed by atoms with Crippen LogP contribution in [0.5, 0.6) is 40.2 Å². The second-order valence-electron chi connectivity index (χ2n) is 20.2. The van der Waals surface area contributed by atoms with Gasteiger partial charge in [0, 0.05) is 11.6 Å². The van der Waals surface area contributed by atoms with Gasteiger partial charge in [0.2, 0.25) is 0 Å². The highest BCUT2D eigenvalue weighted by molar-refractivity contribution is 6.10. The molecule has 0 atom stereocenters. The average molecular weight is 1090 g/mol. The van der Waals surface area contributed by atoms with Crippen LogP contribution >= 0.6 is 0 Å². The van der Waals surface area contributed by atoms with Crippen molar-refractivity contribution in [2.45, 2.75) is 127 Å². The first-order chi connectivity index (χ1) is 38.4. The van der Waals surface area contributed by atoms with Gasteiger partial charge in [-0.25, -0.2) is 0 Å². The van der Waals surface area contributed by atoms with Crippen LogP contribution in [0.3, 0.4) is 0 Å². The predicted molar refractivity (Wildman–Crippen MR) is 327 cm³/mol. The van der Waals surface area contributed by atoms with Gasteiger partial charge in [0.25, 0.3) is 0 Å². The fourth-order valence-electron chi connectivity index (χ4n) is 9.13. The van der Waals surface area contributed by atoms with Gasteiger partial charge in [-0.05, 0) is 216 Å². The fraction of sp³-hybridized carbons (Fsp3) is 0.522. The van der Waals surface area contributed by atoms with Gasteiger partial charge < -0.3 is 48.4 Å². The molecule has 0 unspecified atom stereocenters. The molecule has 12 heteroatoms. The molecule has 0 fully saturated rings. The van der Waals surface area contributed by atoms with E-state index in [1.807, 2.05) is 68.5 Å². The first-order valence-corrected chi connectivity index (χ1v) is 29.8. The molecule has 0 aromatic heterocycles. The van der Waals surface area contributed by atoms with Crippen molar-refractivity contribution in [2.75, 3.05) is 105 Å². The third-order valence-electron chi connectivity index (χ3n) is 14.5. The number of unbranched alkanes of at least 4 members (excludes halogenated alkanes) is 4. The summed E-state index contributed by atoms with van der Waals surface area (Å²) in [5, 5.41) is 12.1. The second kappa shape index (κ2) is 37.9. The van der Waals surface area contributed by atoms with Crippen molar-refractivity contribution in [1.29, 1.82) is 0 Å². The molecular weight excluding hydrogens is 989 g/mol. The van der Waals surface area contributed by atoms with Crippen molar-refractivity contribution in [1.82, 2.24) is 19.6 Å². The summed E-state index contributed by atoms with van der Waals surface area (Å²) in [4.78, 5) is 38.4. The Kier molecular flexibility index (Phi) is 31.4. The number of carbonyl (C=O) groups excluding carboxylic acids is 2. The van der Waals surface area contributed by atoms with E-state index in [1.54, 1.807) is 30.4 Å². The van der Waals surface area contributed by atoms with Gasteiger partial charge in [-0.3, -0.25) is 9.59 Å². The number of aromatic hydroxyl groups is 1. The smallest absolute Gasteiger partial charge is 0.189 e. The molecule has 0 saturated carbocycles. The molecule has 12 nitrogen and oxygen atoms in total. The Bertz CT molecular complexity index is 2450. The van der Waals surface area contributed by atoms with Crippen LogP contribution in [0.25, 0.3) is 12.2 Å². The summed E-state index contributed by atoms with van der Waals surface area (Å²) in [6.07, 6.45) is 16.4. The Balaban J connectivity index is 1.70. The van der Waals surface area contributed by atoms with Gasteiger partial charge in [-0.2, -0.15) is 0 Å². The highest BCUT2D eigenvalue weighted by Crippen LogP contribution is 2.44. The molecule has 79 heavy (non-hydrogen) atoms. The van der Waals surface area contributed by atoms with E-state index in [9.17, 15) is 14.7 Å². The van der Waals surface area contributed by atoms with Gasteiger partial charge in [-0.15, -0.1) is 0 Å². The molecule has 0 aliphatic rings.